The zero-order chi connectivity index (χ0) is 11.5. The van der Waals surface area contributed by atoms with Gasteiger partial charge in [-0.25, -0.2) is 4.98 Å². The second kappa shape index (κ2) is 5.59. The predicted molar refractivity (Wildman–Crippen MR) is 76.4 cm³/mol. The fraction of sp³-hybridized carbons (Fsp3) is 0.800. The lowest BCUT2D eigenvalue weighted by Gasteiger charge is -2.25. The van der Waals surface area contributed by atoms with Crippen LogP contribution in [-0.4, -0.2) is 26.5 Å². The van der Waals surface area contributed by atoms with Gasteiger partial charge in [-0.15, -0.1) is 0 Å². The van der Waals surface area contributed by atoms with Crippen molar-refractivity contribution in [3.63, 3.8) is 0 Å². The highest BCUT2D eigenvalue weighted by Gasteiger charge is 2.20. The van der Waals surface area contributed by atoms with E-state index < -0.39 is 0 Å². The van der Waals surface area contributed by atoms with Gasteiger partial charge >= 0.3 is 0 Å². The van der Waals surface area contributed by atoms with Gasteiger partial charge in [0.05, 0.1) is 4.05 Å². The standard InChI is InChI=1S/C10H17IN4S/c1-7(8(11)12)9-13-10(14-16-9)15-5-3-2-4-6-15/h7-8H,2-6,12H2,1H3/t7-,8?/m0/s1. The van der Waals surface area contributed by atoms with Crippen molar-refractivity contribution in [3.05, 3.63) is 5.01 Å². The van der Waals surface area contributed by atoms with Crippen molar-refractivity contribution in [3.8, 4) is 0 Å². The van der Waals surface area contributed by atoms with Crippen LogP contribution in [0.25, 0.3) is 0 Å². The quantitative estimate of drug-likeness (QED) is 0.516. The maximum Gasteiger partial charge on any atom is 0.237 e. The molecule has 1 aromatic heterocycles. The maximum atomic E-state index is 5.87. The maximum absolute atomic E-state index is 5.87. The zero-order valence-electron chi connectivity index (χ0n) is 9.40. The average Bonchev–Trinajstić information content (AvgIpc) is 2.78. The molecule has 16 heavy (non-hydrogen) atoms. The number of aromatic nitrogens is 2. The Morgan fingerprint density at radius 3 is 2.69 bits per heavy atom. The monoisotopic (exact) mass is 352 g/mol. The van der Waals surface area contributed by atoms with Crippen molar-refractivity contribution in [2.24, 2.45) is 5.73 Å². The minimum atomic E-state index is 0.111. The molecule has 4 nitrogen and oxygen atoms in total. The number of anilines is 1. The van der Waals surface area contributed by atoms with E-state index in [0.29, 0.717) is 0 Å². The van der Waals surface area contributed by atoms with Gasteiger partial charge in [0.15, 0.2) is 0 Å². The van der Waals surface area contributed by atoms with Crippen molar-refractivity contribution < 1.29 is 0 Å². The third-order valence-electron chi connectivity index (χ3n) is 2.94. The number of nitrogens with two attached hydrogens (primary N) is 1. The summed E-state index contributed by atoms with van der Waals surface area (Å²) in [6.07, 6.45) is 3.86. The molecule has 0 aromatic carbocycles. The van der Waals surface area contributed by atoms with E-state index in [-0.39, 0.29) is 9.97 Å². The van der Waals surface area contributed by atoms with E-state index in [9.17, 15) is 0 Å². The number of rotatable bonds is 3. The van der Waals surface area contributed by atoms with E-state index in [2.05, 4.69) is 43.8 Å². The highest BCUT2D eigenvalue weighted by atomic mass is 127. The number of nitrogens with zero attached hydrogens (tertiary/aromatic N) is 3. The Hall–Kier alpha value is 0.0500. The summed E-state index contributed by atoms with van der Waals surface area (Å²) in [6, 6.07) is 0. The summed E-state index contributed by atoms with van der Waals surface area (Å²) in [6.45, 7) is 4.30. The Morgan fingerprint density at radius 2 is 2.06 bits per heavy atom. The van der Waals surface area contributed by atoms with Crippen molar-refractivity contribution in [1.29, 1.82) is 0 Å². The summed E-state index contributed by atoms with van der Waals surface area (Å²) in [7, 11) is 0. The predicted octanol–water partition coefficient (Wildman–Crippen LogP) is 2.35. The highest BCUT2D eigenvalue weighted by Crippen LogP contribution is 2.26. The van der Waals surface area contributed by atoms with Crippen LogP contribution in [0.3, 0.4) is 0 Å². The number of alkyl halides is 1. The molecule has 0 aliphatic carbocycles. The summed E-state index contributed by atoms with van der Waals surface area (Å²) in [5, 5.41) is 1.06. The molecule has 0 saturated carbocycles. The molecule has 0 radical (unpaired) electrons. The molecule has 1 saturated heterocycles. The second-order valence-corrected chi connectivity index (χ2v) is 6.44. The first-order valence-corrected chi connectivity index (χ1v) is 7.68. The molecule has 2 atom stereocenters. The van der Waals surface area contributed by atoms with Crippen molar-refractivity contribution in [1.82, 2.24) is 9.36 Å². The molecule has 6 heteroatoms. The molecular formula is C10H17IN4S. The van der Waals surface area contributed by atoms with Crippen LogP contribution in [0.15, 0.2) is 0 Å². The van der Waals surface area contributed by atoms with Crippen molar-refractivity contribution >= 4 is 40.1 Å². The minimum absolute atomic E-state index is 0.111. The second-order valence-electron chi connectivity index (χ2n) is 4.21. The molecule has 1 unspecified atom stereocenters. The molecule has 1 aromatic rings. The molecule has 0 bridgehead atoms. The average molecular weight is 352 g/mol. The Balaban J connectivity index is 2.06. The first-order chi connectivity index (χ1) is 7.68. The molecule has 1 aliphatic rings. The topological polar surface area (TPSA) is 55.0 Å². The van der Waals surface area contributed by atoms with Gasteiger partial charge in [-0.2, -0.15) is 4.37 Å². The van der Waals surface area contributed by atoms with Gasteiger partial charge in [-0.1, -0.05) is 29.5 Å². The van der Waals surface area contributed by atoms with Crippen LogP contribution in [-0.2, 0) is 0 Å². The Bertz CT molecular complexity index is 335. The van der Waals surface area contributed by atoms with E-state index in [4.69, 9.17) is 5.73 Å². The lowest BCUT2D eigenvalue weighted by molar-refractivity contribution is 0.569. The Labute approximate surface area is 114 Å². The number of halogens is 1. The number of hydrogen-bond acceptors (Lipinski definition) is 5. The fourth-order valence-corrected chi connectivity index (χ4v) is 3.12. The lowest BCUT2D eigenvalue weighted by atomic mass is 10.1. The molecule has 1 aliphatic heterocycles. The van der Waals surface area contributed by atoms with Crippen LogP contribution in [0.1, 0.15) is 37.1 Å². The SMILES string of the molecule is C[C@H](c1nc(N2CCCCC2)ns1)C(N)I. The molecular weight excluding hydrogens is 335 g/mol. The van der Waals surface area contributed by atoms with E-state index in [0.717, 1.165) is 24.0 Å². The van der Waals surface area contributed by atoms with Crippen LogP contribution in [0.5, 0.6) is 0 Å². The van der Waals surface area contributed by atoms with Crippen LogP contribution < -0.4 is 10.6 Å². The smallest absolute Gasteiger partial charge is 0.237 e. The van der Waals surface area contributed by atoms with Gasteiger partial charge in [0.25, 0.3) is 0 Å². The van der Waals surface area contributed by atoms with E-state index in [1.54, 1.807) is 0 Å². The zero-order valence-corrected chi connectivity index (χ0v) is 12.4. The third-order valence-corrected chi connectivity index (χ3v) is 4.92. The molecule has 0 spiro atoms. The Kier molecular flexibility index (Phi) is 4.37. The normalized spacial score (nSPS) is 20.8. The lowest BCUT2D eigenvalue weighted by Crippen LogP contribution is -2.30. The summed E-state index contributed by atoms with van der Waals surface area (Å²) < 4.78 is 4.55. The van der Waals surface area contributed by atoms with Crippen LogP contribution >= 0.6 is 34.1 Å². The molecule has 0 amide bonds. The first kappa shape index (κ1) is 12.5. The van der Waals surface area contributed by atoms with E-state index in [1.807, 2.05) is 0 Å². The summed E-state index contributed by atoms with van der Waals surface area (Å²) in [4.78, 5) is 6.89. The third kappa shape index (κ3) is 2.84. The molecule has 2 heterocycles. The summed E-state index contributed by atoms with van der Waals surface area (Å²) in [5.41, 5.74) is 5.87. The molecule has 90 valence electrons. The van der Waals surface area contributed by atoms with Gasteiger partial charge in [0.1, 0.15) is 5.01 Å². The number of hydrogen-bond donors (Lipinski definition) is 1. The van der Waals surface area contributed by atoms with Gasteiger partial charge in [0, 0.05) is 19.0 Å². The van der Waals surface area contributed by atoms with Gasteiger partial charge in [0.2, 0.25) is 5.95 Å². The van der Waals surface area contributed by atoms with Gasteiger partial charge in [-0.3, -0.25) is 0 Å². The van der Waals surface area contributed by atoms with Crippen molar-refractivity contribution in [2.75, 3.05) is 18.0 Å². The first-order valence-electron chi connectivity index (χ1n) is 5.66. The van der Waals surface area contributed by atoms with Crippen molar-refractivity contribution in [2.45, 2.75) is 36.2 Å². The van der Waals surface area contributed by atoms with Gasteiger partial charge < -0.3 is 10.6 Å². The van der Waals surface area contributed by atoms with Crippen LogP contribution in [0.2, 0.25) is 0 Å². The van der Waals surface area contributed by atoms with E-state index in [1.165, 1.54) is 30.8 Å². The molecule has 2 N–H and O–H groups in total. The molecule has 2 rings (SSSR count). The fourth-order valence-electron chi connectivity index (χ4n) is 1.77. The number of piperidine rings is 1. The Morgan fingerprint density at radius 1 is 1.38 bits per heavy atom. The van der Waals surface area contributed by atoms with Crippen LogP contribution in [0.4, 0.5) is 5.95 Å². The largest absolute Gasteiger partial charge is 0.340 e. The summed E-state index contributed by atoms with van der Waals surface area (Å²) in [5.74, 6) is 1.19. The van der Waals surface area contributed by atoms with Crippen LogP contribution in [0, 0.1) is 0 Å². The van der Waals surface area contributed by atoms with Gasteiger partial charge in [-0.05, 0) is 30.8 Å². The summed E-state index contributed by atoms with van der Waals surface area (Å²) >= 11 is 3.73. The van der Waals surface area contributed by atoms with E-state index >= 15 is 0 Å². The highest BCUT2D eigenvalue weighted by molar-refractivity contribution is 14.1. The molecule has 1 fully saturated rings. The minimum Gasteiger partial charge on any atom is -0.340 e.